The van der Waals surface area contributed by atoms with Crippen molar-refractivity contribution in [2.24, 2.45) is 0 Å². The van der Waals surface area contributed by atoms with Crippen molar-refractivity contribution < 1.29 is 9.90 Å². The SMILES string of the molecule is CC(C)c1ccccc1NC(=O)Cn1ccnc1CCCO. The maximum atomic E-state index is 12.3. The molecular weight excluding hydrogens is 278 g/mol. The lowest BCUT2D eigenvalue weighted by atomic mass is 10.0. The first-order valence-corrected chi connectivity index (χ1v) is 7.61. The molecule has 0 aliphatic heterocycles. The summed E-state index contributed by atoms with van der Waals surface area (Å²) in [4.78, 5) is 16.5. The Morgan fingerprint density at radius 2 is 2.14 bits per heavy atom. The van der Waals surface area contributed by atoms with Gasteiger partial charge in [0.25, 0.3) is 0 Å². The Morgan fingerprint density at radius 1 is 1.36 bits per heavy atom. The van der Waals surface area contributed by atoms with E-state index in [0.29, 0.717) is 18.8 Å². The summed E-state index contributed by atoms with van der Waals surface area (Å²) in [5, 5.41) is 11.9. The number of aromatic nitrogens is 2. The van der Waals surface area contributed by atoms with Crippen LogP contribution >= 0.6 is 0 Å². The monoisotopic (exact) mass is 301 g/mol. The summed E-state index contributed by atoms with van der Waals surface area (Å²) in [7, 11) is 0. The number of rotatable bonds is 7. The fraction of sp³-hybridized carbons (Fsp3) is 0.412. The van der Waals surface area contributed by atoms with Crippen molar-refractivity contribution in [2.75, 3.05) is 11.9 Å². The van der Waals surface area contributed by atoms with Gasteiger partial charge in [0.15, 0.2) is 0 Å². The highest BCUT2D eigenvalue weighted by molar-refractivity contribution is 5.91. The van der Waals surface area contributed by atoms with Crippen molar-refractivity contribution in [3.05, 3.63) is 48.0 Å². The van der Waals surface area contributed by atoms with Crippen molar-refractivity contribution in [1.82, 2.24) is 9.55 Å². The molecule has 5 heteroatoms. The molecule has 22 heavy (non-hydrogen) atoms. The quantitative estimate of drug-likeness (QED) is 0.826. The van der Waals surface area contributed by atoms with Gasteiger partial charge in [0.05, 0.1) is 0 Å². The highest BCUT2D eigenvalue weighted by Crippen LogP contribution is 2.23. The third-order valence-electron chi connectivity index (χ3n) is 3.53. The number of aryl methyl sites for hydroxylation is 1. The van der Waals surface area contributed by atoms with Gasteiger partial charge in [-0.15, -0.1) is 0 Å². The van der Waals surface area contributed by atoms with Gasteiger partial charge in [0.1, 0.15) is 12.4 Å². The number of para-hydroxylation sites is 1. The molecule has 2 rings (SSSR count). The zero-order valence-electron chi connectivity index (χ0n) is 13.1. The number of hydrogen-bond donors (Lipinski definition) is 2. The summed E-state index contributed by atoms with van der Waals surface area (Å²) in [5.74, 6) is 1.10. The summed E-state index contributed by atoms with van der Waals surface area (Å²) in [6, 6.07) is 7.86. The van der Waals surface area contributed by atoms with Crippen LogP contribution in [-0.2, 0) is 17.8 Å². The number of carbonyl (C=O) groups is 1. The molecule has 0 bridgehead atoms. The van der Waals surface area contributed by atoms with Gasteiger partial charge in [0.2, 0.25) is 5.91 Å². The number of nitrogens with zero attached hydrogens (tertiary/aromatic N) is 2. The van der Waals surface area contributed by atoms with E-state index in [0.717, 1.165) is 17.1 Å². The van der Waals surface area contributed by atoms with Crippen LogP contribution in [0.25, 0.3) is 0 Å². The zero-order valence-corrected chi connectivity index (χ0v) is 13.1. The molecule has 0 atom stereocenters. The fourth-order valence-electron chi connectivity index (χ4n) is 2.41. The molecule has 0 fully saturated rings. The van der Waals surface area contributed by atoms with Crippen LogP contribution in [0, 0.1) is 0 Å². The Bertz CT molecular complexity index is 620. The van der Waals surface area contributed by atoms with E-state index in [1.165, 1.54) is 0 Å². The number of hydrogen-bond acceptors (Lipinski definition) is 3. The number of carbonyl (C=O) groups excluding carboxylic acids is 1. The number of nitrogens with one attached hydrogen (secondary N) is 1. The predicted octanol–water partition coefficient (Wildman–Crippen LogP) is 2.57. The minimum absolute atomic E-state index is 0.0728. The number of anilines is 1. The average Bonchev–Trinajstić information content (AvgIpc) is 2.92. The summed E-state index contributed by atoms with van der Waals surface area (Å²) >= 11 is 0. The predicted molar refractivity (Wildman–Crippen MR) is 86.8 cm³/mol. The smallest absolute Gasteiger partial charge is 0.244 e. The van der Waals surface area contributed by atoms with E-state index in [9.17, 15) is 4.79 Å². The van der Waals surface area contributed by atoms with Gasteiger partial charge in [-0.2, -0.15) is 0 Å². The molecule has 1 aromatic carbocycles. The molecule has 118 valence electrons. The number of imidazole rings is 1. The number of amides is 1. The maximum absolute atomic E-state index is 12.3. The Balaban J connectivity index is 2.03. The molecule has 0 radical (unpaired) electrons. The second kappa shape index (κ2) is 7.75. The molecule has 0 unspecified atom stereocenters. The molecule has 0 saturated heterocycles. The summed E-state index contributed by atoms with van der Waals surface area (Å²) in [6.45, 7) is 4.57. The largest absolute Gasteiger partial charge is 0.396 e. The van der Waals surface area contributed by atoms with E-state index >= 15 is 0 Å². The molecule has 0 saturated carbocycles. The van der Waals surface area contributed by atoms with Crippen LogP contribution in [0.3, 0.4) is 0 Å². The molecule has 1 amide bonds. The lowest BCUT2D eigenvalue weighted by Crippen LogP contribution is -2.20. The van der Waals surface area contributed by atoms with Gasteiger partial charge < -0.3 is 15.0 Å². The molecule has 1 aromatic heterocycles. The molecule has 0 spiro atoms. The molecule has 0 aliphatic carbocycles. The average molecular weight is 301 g/mol. The summed E-state index contributed by atoms with van der Waals surface area (Å²) in [5.41, 5.74) is 1.99. The Morgan fingerprint density at radius 3 is 2.86 bits per heavy atom. The standard InChI is InChI=1S/C17H23N3O2/c1-13(2)14-6-3-4-7-15(14)19-17(22)12-20-10-9-18-16(20)8-5-11-21/h3-4,6-7,9-10,13,21H,5,8,11-12H2,1-2H3,(H,19,22). The lowest BCUT2D eigenvalue weighted by molar-refractivity contribution is -0.116. The van der Waals surface area contributed by atoms with Gasteiger partial charge in [-0.1, -0.05) is 32.0 Å². The first-order valence-electron chi connectivity index (χ1n) is 7.61. The van der Waals surface area contributed by atoms with Gasteiger partial charge in [-0.25, -0.2) is 4.98 Å². The zero-order chi connectivity index (χ0) is 15.9. The van der Waals surface area contributed by atoms with Crippen LogP contribution in [0.4, 0.5) is 5.69 Å². The molecule has 0 aliphatic rings. The summed E-state index contributed by atoms with van der Waals surface area (Å²) in [6.07, 6.45) is 4.79. The van der Waals surface area contributed by atoms with Crippen LogP contribution in [0.15, 0.2) is 36.7 Å². The van der Waals surface area contributed by atoms with Crippen molar-refractivity contribution in [3.63, 3.8) is 0 Å². The van der Waals surface area contributed by atoms with Gasteiger partial charge >= 0.3 is 0 Å². The van der Waals surface area contributed by atoms with Crippen molar-refractivity contribution in [2.45, 2.75) is 39.2 Å². The number of benzene rings is 1. The molecule has 5 nitrogen and oxygen atoms in total. The minimum Gasteiger partial charge on any atom is -0.396 e. The van der Waals surface area contributed by atoms with Crippen LogP contribution < -0.4 is 5.32 Å². The lowest BCUT2D eigenvalue weighted by Gasteiger charge is -2.14. The first kappa shape index (κ1) is 16.2. The third-order valence-corrected chi connectivity index (χ3v) is 3.53. The highest BCUT2D eigenvalue weighted by atomic mass is 16.2. The van der Waals surface area contributed by atoms with Crippen molar-refractivity contribution in [3.8, 4) is 0 Å². The van der Waals surface area contributed by atoms with Gasteiger partial charge in [0, 0.05) is 31.1 Å². The third kappa shape index (κ3) is 4.18. The van der Waals surface area contributed by atoms with Gasteiger partial charge in [-0.3, -0.25) is 4.79 Å². The topological polar surface area (TPSA) is 67.2 Å². The van der Waals surface area contributed by atoms with E-state index in [1.807, 2.05) is 28.8 Å². The Kier molecular flexibility index (Phi) is 5.72. The molecule has 2 aromatic rings. The van der Waals surface area contributed by atoms with Crippen LogP contribution in [0.5, 0.6) is 0 Å². The van der Waals surface area contributed by atoms with Crippen molar-refractivity contribution >= 4 is 11.6 Å². The maximum Gasteiger partial charge on any atom is 0.244 e. The molecular formula is C17H23N3O2. The second-order valence-corrected chi connectivity index (χ2v) is 5.59. The number of aliphatic hydroxyl groups is 1. The fourth-order valence-corrected chi connectivity index (χ4v) is 2.41. The minimum atomic E-state index is -0.0728. The van der Waals surface area contributed by atoms with Crippen LogP contribution in [0.1, 0.15) is 37.6 Å². The Labute approximate surface area is 131 Å². The highest BCUT2D eigenvalue weighted by Gasteiger charge is 2.11. The van der Waals surface area contributed by atoms with E-state index in [2.05, 4.69) is 24.1 Å². The van der Waals surface area contributed by atoms with E-state index < -0.39 is 0 Å². The van der Waals surface area contributed by atoms with E-state index in [-0.39, 0.29) is 19.1 Å². The molecule has 1 heterocycles. The van der Waals surface area contributed by atoms with E-state index in [4.69, 9.17) is 5.11 Å². The summed E-state index contributed by atoms with van der Waals surface area (Å²) < 4.78 is 1.82. The Hall–Kier alpha value is -2.14. The van der Waals surface area contributed by atoms with Crippen molar-refractivity contribution in [1.29, 1.82) is 0 Å². The first-order chi connectivity index (χ1) is 10.6. The second-order valence-electron chi connectivity index (χ2n) is 5.59. The van der Waals surface area contributed by atoms with Crippen LogP contribution in [-0.4, -0.2) is 27.2 Å². The van der Waals surface area contributed by atoms with Crippen LogP contribution in [0.2, 0.25) is 0 Å². The van der Waals surface area contributed by atoms with Gasteiger partial charge in [-0.05, 0) is 24.0 Å². The van der Waals surface area contributed by atoms with E-state index in [1.54, 1.807) is 12.4 Å². The normalized spacial score (nSPS) is 10.9. The molecule has 2 N–H and O–H groups in total. The number of aliphatic hydroxyl groups excluding tert-OH is 1.